The Hall–Kier alpha value is -2.06. The van der Waals surface area contributed by atoms with Crippen LogP contribution in [0, 0.1) is 6.92 Å². The third kappa shape index (κ3) is 3.70. The molecular formula is C11H14N6OS. The maximum atomic E-state index is 11.9. The first kappa shape index (κ1) is 13.4. The topological polar surface area (TPSA) is 106 Å². The molecular weight excluding hydrogens is 264 g/mol. The van der Waals surface area contributed by atoms with Crippen molar-refractivity contribution in [1.82, 2.24) is 20.3 Å². The van der Waals surface area contributed by atoms with E-state index in [1.807, 2.05) is 5.38 Å². The summed E-state index contributed by atoms with van der Waals surface area (Å²) >= 11 is 1.54. The second-order valence-corrected chi connectivity index (χ2v) is 4.57. The third-order valence-electron chi connectivity index (χ3n) is 2.37. The van der Waals surface area contributed by atoms with E-state index < -0.39 is 0 Å². The van der Waals surface area contributed by atoms with Gasteiger partial charge in [-0.1, -0.05) is 0 Å². The van der Waals surface area contributed by atoms with Gasteiger partial charge in [0.2, 0.25) is 5.95 Å². The first-order chi connectivity index (χ1) is 9.19. The fraction of sp³-hybridized carbons (Fsp3) is 0.273. The molecule has 2 aromatic rings. The zero-order chi connectivity index (χ0) is 13.7. The maximum Gasteiger partial charge on any atom is 0.270 e. The number of carbonyl (C=O) groups excluding carboxylic acids is 1. The van der Waals surface area contributed by atoms with Crippen molar-refractivity contribution >= 4 is 23.2 Å². The lowest BCUT2D eigenvalue weighted by atomic mass is 10.3. The van der Waals surface area contributed by atoms with Crippen LogP contribution in [-0.4, -0.2) is 27.4 Å². The first-order valence-corrected chi connectivity index (χ1v) is 6.61. The summed E-state index contributed by atoms with van der Waals surface area (Å²) in [7, 11) is 0. The van der Waals surface area contributed by atoms with Crippen LogP contribution in [0.5, 0.6) is 0 Å². The minimum Gasteiger partial charge on any atom is -0.350 e. The van der Waals surface area contributed by atoms with Crippen molar-refractivity contribution in [3.8, 4) is 0 Å². The molecule has 0 aliphatic carbocycles. The summed E-state index contributed by atoms with van der Waals surface area (Å²) in [6, 6.07) is 1.61. The molecule has 0 atom stereocenters. The number of hydrogen-bond donors (Lipinski definition) is 3. The van der Waals surface area contributed by atoms with Crippen molar-refractivity contribution in [2.75, 3.05) is 12.0 Å². The lowest BCUT2D eigenvalue weighted by molar-refractivity contribution is 0.0949. The predicted octanol–water partition coefficient (Wildman–Crippen LogP) is 0.500. The summed E-state index contributed by atoms with van der Waals surface area (Å²) in [5.41, 5.74) is 6.03. The number of carbonyl (C=O) groups is 1. The van der Waals surface area contributed by atoms with E-state index in [2.05, 4.69) is 25.7 Å². The molecule has 0 spiro atoms. The zero-order valence-electron chi connectivity index (χ0n) is 10.4. The van der Waals surface area contributed by atoms with Gasteiger partial charge in [0, 0.05) is 24.0 Å². The lowest BCUT2D eigenvalue weighted by Crippen LogP contribution is -2.27. The SMILES string of the molecule is Cc1cc(C(=O)NCCc2cscn2)nc(NN)n1. The van der Waals surface area contributed by atoms with E-state index in [1.54, 1.807) is 18.5 Å². The molecule has 0 saturated heterocycles. The van der Waals surface area contributed by atoms with Gasteiger partial charge in [-0.3, -0.25) is 10.2 Å². The summed E-state index contributed by atoms with van der Waals surface area (Å²) in [5, 5.41) is 4.74. The maximum absolute atomic E-state index is 11.9. The monoisotopic (exact) mass is 278 g/mol. The minimum absolute atomic E-state index is 0.227. The molecule has 8 heteroatoms. The summed E-state index contributed by atoms with van der Waals surface area (Å²) in [6.45, 7) is 2.28. The molecule has 2 heterocycles. The largest absolute Gasteiger partial charge is 0.350 e. The van der Waals surface area contributed by atoms with Crippen molar-refractivity contribution in [3.05, 3.63) is 34.0 Å². The van der Waals surface area contributed by atoms with Crippen molar-refractivity contribution in [3.63, 3.8) is 0 Å². The first-order valence-electron chi connectivity index (χ1n) is 5.66. The van der Waals surface area contributed by atoms with Crippen LogP contribution >= 0.6 is 11.3 Å². The highest BCUT2D eigenvalue weighted by Crippen LogP contribution is 2.04. The third-order valence-corrected chi connectivity index (χ3v) is 3.00. The van der Waals surface area contributed by atoms with E-state index in [0.29, 0.717) is 24.4 Å². The molecule has 0 aliphatic rings. The van der Waals surface area contributed by atoms with Crippen LogP contribution in [0.25, 0.3) is 0 Å². The quantitative estimate of drug-likeness (QED) is 0.543. The number of rotatable bonds is 5. The second-order valence-electron chi connectivity index (χ2n) is 3.85. The Labute approximate surface area is 114 Å². The highest BCUT2D eigenvalue weighted by molar-refractivity contribution is 7.07. The molecule has 4 N–H and O–H groups in total. The number of hydrazine groups is 1. The fourth-order valence-corrected chi connectivity index (χ4v) is 2.10. The van der Waals surface area contributed by atoms with Gasteiger partial charge in [-0.05, 0) is 13.0 Å². The molecule has 0 aromatic carbocycles. The molecule has 2 aromatic heterocycles. The van der Waals surface area contributed by atoms with Crippen molar-refractivity contribution in [1.29, 1.82) is 0 Å². The normalized spacial score (nSPS) is 10.2. The van der Waals surface area contributed by atoms with Crippen LogP contribution in [0.15, 0.2) is 17.0 Å². The van der Waals surface area contributed by atoms with Gasteiger partial charge in [0.05, 0.1) is 11.2 Å². The smallest absolute Gasteiger partial charge is 0.270 e. The van der Waals surface area contributed by atoms with Gasteiger partial charge >= 0.3 is 0 Å². The Morgan fingerprint density at radius 3 is 3.00 bits per heavy atom. The Kier molecular flexibility index (Phi) is 4.37. The standard InChI is InChI=1S/C11H14N6OS/c1-7-4-9(16-11(15-7)17-12)10(18)13-3-2-8-5-19-6-14-8/h4-6H,2-3,12H2,1H3,(H,13,18)(H,15,16,17). The molecule has 0 saturated carbocycles. The summed E-state index contributed by atoms with van der Waals surface area (Å²) in [5.74, 6) is 5.21. The van der Waals surface area contributed by atoms with Gasteiger partial charge in [0.15, 0.2) is 0 Å². The van der Waals surface area contributed by atoms with Gasteiger partial charge in [-0.15, -0.1) is 11.3 Å². The number of amides is 1. The van der Waals surface area contributed by atoms with Crippen LogP contribution in [0.1, 0.15) is 21.9 Å². The molecule has 0 radical (unpaired) electrons. The Morgan fingerprint density at radius 2 is 2.32 bits per heavy atom. The minimum atomic E-state index is -0.253. The van der Waals surface area contributed by atoms with Crippen molar-refractivity contribution < 1.29 is 4.79 Å². The number of nitrogens with one attached hydrogen (secondary N) is 2. The highest BCUT2D eigenvalue weighted by atomic mass is 32.1. The van der Waals surface area contributed by atoms with Gasteiger partial charge in [-0.25, -0.2) is 20.8 Å². The van der Waals surface area contributed by atoms with E-state index in [4.69, 9.17) is 5.84 Å². The van der Waals surface area contributed by atoms with Gasteiger partial charge in [-0.2, -0.15) is 0 Å². The van der Waals surface area contributed by atoms with Gasteiger partial charge in [0.1, 0.15) is 5.69 Å². The number of aryl methyl sites for hydroxylation is 1. The summed E-state index contributed by atoms with van der Waals surface area (Å²) in [6.07, 6.45) is 0.696. The average Bonchev–Trinajstić information content (AvgIpc) is 2.91. The molecule has 2 rings (SSSR count). The van der Waals surface area contributed by atoms with Crippen LogP contribution < -0.4 is 16.6 Å². The average molecular weight is 278 g/mol. The van der Waals surface area contributed by atoms with E-state index in [9.17, 15) is 4.79 Å². The van der Waals surface area contributed by atoms with E-state index in [-0.39, 0.29) is 11.9 Å². The van der Waals surface area contributed by atoms with E-state index in [0.717, 1.165) is 5.69 Å². The Bertz CT molecular complexity index is 556. The molecule has 0 aliphatic heterocycles. The van der Waals surface area contributed by atoms with Crippen molar-refractivity contribution in [2.24, 2.45) is 5.84 Å². The molecule has 0 bridgehead atoms. The Morgan fingerprint density at radius 1 is 1.47 bits per heavy atom. The van der Waals surface area contributed by atoms with E-state index >= 15 is 0 Å². The number of hydrogen-bond acceptors (Lipinski definition) is 7. The summed E-state index contributed by atoms with van der Waals surface area (Å²) < 4.78 is 0. The second kappa shape index (κ2) is 6.21. The molecule has 0 unspecified atom stereocenters. The number of anilines is 1. The molecule has 19 heavy (non-hydrogen) atoms. The van der Waals surface area contributed by atoms with Crippen LogP contribution in [-0.2, 0) is 6.42 Å². The molecule has 7 nitrogen and oxygen atoms in total. The molecule has 1 amide bonds. The zero-order valence-corrected chi connectivity index (χ0v) is 11.2. The number of nitrogen functional groups attached to an aromatic ring is 1. The molecule has 100 valence electrons. The Balaban J connectivity index is 1.94. The number of thiazole rings is 1. The van der Waals surface area contributed by atoms with Crippen LogP contribution in [0.4, 0.5) is 5.95 Å². The van der Waals surface area contributed by atoms with Gasteiger partial charge < -0.3 is 5.32 Å². The van der Waals surface area contributed by atoms with Crippen LogP contribution in [0.3, 0.4) is 0 Å². The van der Waals surface area contributed by atoms with Gasteiger partial charge in [0.25, 0.3) is 5.91 Å². The number of nitrogens with zero attached hydrogens (tertiary/aromatic N) is 3. The number of aromatic nitrogens is 3. The molecule has 0 fully saturated rings. The van der Waals surface area contributed by atoms with Crippen molar-refractivity contribution in [2.45, 2.75) is 13.3 Å². The predicted molar refractivity (Wildman–Crippen MR) is 72.7 cm³/mol. The fourth-order valence-electron chi connectivity index (χ4n) is 1.51. The van der Waals surface area contributed by atoms with Crippen LogP contribution in [0.2, 0.25) is 0 Å². The highest BCUT2D eigenvalue weighted by Gasteiger charge is 2.09. The number of nitrogens with two attached hydrogens (primary N) is 1. The van der Waals surface area contributed by atoms with E-state index in [1.165, 1.54) is 11.3 Å². The summed E-state index contributed by atoms with van der Waals surface area (Å²) in [4.78, 5) is 24.1. The lowest BCUT2D eigenvalue weighted by Gasteiger charge is -2.06.